The van der Waals surface area contributed by atoms with Gasteiger partial charge in [0.1, 0.15) is 22.5 Å². The summed E-state index contributed by atoms with van der Waals surface area (Å²) in [5.41, 5.74) is -6.58. The van der Waals surface area contributed by atoms with Gasteiger partial charge in [0.05, 0.1) is 24.4 Å². The number of nitriles is 1. The van der Waals surface area contributed by atoms with Crippen LogP contribution in [-0.2, 0) is 23.2 Å². The maximum Gasteiger partial charge on any atom is 0.431 e. The molecule has 200 valence electrons. The van der Waals surface area contributed by atoms with Crippen LogP contribution in [0.4, 0.5) is 17.6 Å². The van der Waals surface area contributed by atoms with Crippen LogP contribution >= 0.6 is 0 Å². The summed E-state index contributed by atoms with van der Waals surface area (Å²) in [5.74, 6) is -1.98. The first-order valence-corrected chi connectivity index (χ1v) is 12.0. The molecule has 1 heterocycles. The lowest BCUT2D eigenvalue weighted by Crippen LogP contribution is -2.41. The smallest absolute Gasteiger partial charge is 0.431 e. The van der Waals surface area contributed by atoms with Gasteiger partial charge in [-0.15, -0.1) is 0 Å². The quantitative estimate of drug-likeness (QED) is 0.462. The normalized spacial score (nSPS) is 12.5. The van der Waals surface area contributed by atoms with Gasteiger partial charge in [0, 0.05) is 18.7 Å². The zero-order valence-electron chi connectivity index (χ0n) is 19.8. The Bertz CT molecular complexity index is 1690. The minimum atomic E-state index is -5.06. The highest BCUT2D eigenvalue weighted by Gasteiger charge is 2.35. The van der Waals surface area contributed by atoms with Crippen molar-refractivity contribution in [2.45, 2.75) is 18.3 Å². The van der Waals surface area contributed by atoms with Crippen LogP contribution in [0.25, 0.3) is 5.69 Å². The number of aromatic nitrogens is 2. The number of benzene rings is 2. The molecule has 1 N–H and O–H groups in total. The van der Waals surface area contributed by atoms with Crippen molar-refractivity contribution < 1.29 is 35.5 Å². The summed E-state index contributed by atoms with van der Waals surface area (Å²) in [6, 6.07) is 8.28. The number of amides is 1. The maximum atomic E-state index is 14.9. The van der Waals surface area contributed by atoms with E-state index in [0.29, 0.717) is 24.9 Å². The van der Waals surface area contributed by atoms with Crippen LogP contribution in [0, 0.1) is 17.1 Å². The lowest BCUT2D eigenvalue weighted by molar-refractivity contribution is -0.144. The van der Waals surface area contributed by atoms with Crippen molar-refractivity contribution in [1.82, 2.24) is 13.9 Å². The Labute approximate surface area is 212 Å². The van der Waals surface area contributed by atoms with Gasteiger partial charge in [-0.25, -0.2) is 26.9 Å². The van der Waals surface area contributed by atoms with E-state index in [1.165, 1.54) is 31.4 Å². The number of nitrogens with zero attached hydrogens (tertiary/aromatic N) is 3. The van der Waals surface area contributed by atoms with Crippen LogP contribution in [0.3, 0.4) is 0 Å². The number of hydrogen-bond donors (Lipinski definition) is 1. The predicted molar refractivity (Wildman–Crippen MR) is 125 cm³/mol. The summed E-state index contributed by atoms with van der Waals surface area (Å²) >= 11 is 0. The Balaban J connectivity index is 2.11. The molecule has 15 heteroatoms. The number of carbonyl (C=O) groups excluding carboxylic acids is 1. The van der Waals surface area contributed by atoms with Crippen molar-refractivity contribution in [2.24, 2.45) is 7.05 Å². The molecule has 3 aromatic rings. The van der Waals surface area contributed by atoms with Crippen molar-refractivity contribution in [2.75, 3.05) is 7.11 Å². The SMILES string of the molecule is COc1ccc(C(=O)NS(=O)(=O)C(C)c2cc(-n3c(=O)cc(C(F)(F)F)n(C)c3=O)c(F)cc2C#N)cc1. The van der Waals surface area contributed by atoms with Gasteiger partial charge in [-0.05, 0) is 48.9 Å². The molecule has 10 nitrogen and oxygen atoms in total. The molecule has 0 saturated carbocycles. The van der Waals surface area contributed by atoms with Crippen molar-refractivity contribution in [3.05, 3.63) is 91.5 Å². The molecule has 0 fully saturated rings. The van der Waals surface area contributed by atoms with Gasteiger partial charge in [0.25, 0.3) is 11.5 Å². The zero-order valence-corrected chi connectivity index (χ0v) is 20.6. The van der Waals surface area contributed by atoms with Gasteiger partial charge in [0.2, 0.25) is 10.0 Å². The van der Waals surface area contributed by atoms with Crippen molar-refractivity contribution in [1.29, 1.82) is 5.26 Å². The fourth-order valence-electron chi connectivity index (χ4n) is 3.49. The largest absolute Gasteiger partial charge is 0.497 e. The van der Waals surface area contributed by atoms with Crippen molar-refractivity contribution in [3.8, 4) is 17.5 Å². The highest BCUT2D eigenvalue weighted by molar-refractivity contribution is 7.90. The van der Waals surface area contributed by atoms with E-state index < -0.39 is 66.9 Å². The number of carbonyl (C=O) groups is 1. The molecule has 0 saturated heterocycles. The number of methoxy groups -OCH3 is 1. The molecule has 0 aliphatic rings. The van der Waals surface area contributed by atoms with E-state index in [0.717, 1.165) is 6.92 Å². The number of nitrogens with one attached hydrogen (secondary N) is 1. The minimum Gasteiger partial charge on any atom is -0.497 e. The highest BCUT2D eigenvalue weighted by atomic mass is 32.2. The molecule has 1 aromatic heterocycles. The topological polar surface area (TPSA) is 140 Å². The summed E-state index contributed by atoms with van der Waals surface area (Å²) in [5, 5.41) is 7.72. The first-order chi connectivity index (χ1) is 17.6. The van der Waals surface area contributed by atoms with Gasteiger partial charge in [-0.3, -0.25) is 14.2 Å². The van der Waals surface area contributed by atoms with Crippen molar-refractivity contribution in [3.63, 3.8) is 0 Å². The lowest BCUT2D eigenvalue weighted by Gasteiger charge is -2.18. The molecule has 3 rings (SSSR count). The molecular weight excluding hydrogens is 536 g/mol. The Hall–Kier alpha value is -4.45. The third-order valence-corrected chi connectivity index (χ3v) is 7.24. The minimum absolute atomic E-state index is 0.0540. The number of alkyl halides is 3. The third kappa shape index (κ3) is 5.30. The zero-order chi connectivity index (χ0) is 28.6. The van der Waals surface area contributed by atoms with Crippen molar-refractivity contribution >= 4 is 15.9 Å². The summed E-state index contributed by atoms with van der Waals surface area (Å²) < 4.78 is 87.2. The molecule has 2 aromatic carbocycles. The second-order valence-electron chi connectivity index (χ2n) is 7.89. The number of halogens is 4. The fourth-order valence-corrected chi connectivity index (χ4v) is 4.57. The predicted octanol–water partition coefficient (Wildman–Crippen LogP) is 2.40. The Morgan fingerprint density at radius 2 is 1.74 bits per heavy atom. The molecule has 0 aliphatic carbocycles. The number of rotatable bonds is 6. The molecule has 1 atom stereocenters. The molecule has 0 spiro atoms. The average molecular weight is 554 g/mol. The number of sulfonamides is 1. The Morgan fingerprint density at radius 1 is 1.13 bits per heavy atom. The summed E-state index contributed by atoms with van der Waals surface area (Å²) in [7, 11) is -2.50. The van der Waals surface area contributed by atoms with Crippen LogP contribution in [0.1, 0.15) is 39.4 Å². The van der Waals surface area contributed by atoms with Gasteiger partial charge < -0.3 is 4.74 Å². The molecule has 1 amide bonds. The van der Waals surface area contributed by atoms with E-state index in [9.17, 15) is 45.6 Å². The highest BCUT2D eigenvalue weighted by Crippen LogP contribution is 2.29. The molecule has 0 bridgehead atoms. The summed E-state index contributed by atoms with van der Waals surface area (Å²) in [6.45, 7) is 1.05. The lowest BCUT2D eigenvalue weighted by atomic mass is 10.0. The molecular formula is C23H18F4N4O6S. The molecule has 0 radical (unpaired) electrons. The van der Waals surface area contributed by atoms with Gasteiger partial charge in [0.15, 0.2) is 0 Å². The summed E-state index contributed by atoms with van der Waals surface area (Å²) in [4.78, 5) is 37.5. The van der Waals surface area contributed by atoms with E-state index in [1.54, 1.807) is 6.07 Å². The maximum absolute atomic E-state index is 14.9. The Morgan fingerprint density at radius 3 is 2.26 bits per heavy atom. The van der Waals surface area contributed by atoms with E-state index in [4.69, 9.17) is 4.74 Å². The standard InChI is InChI=1S/C23H18F4N4O6S/c1-12(38(35,36)29-21(33)13-4-6-15(37-3)7-5-13)16-9-18(17(24)8-14(16)11-28)31-20(32)10-19(23(25,26)27)30(2)22(31)34/h4-10,12H,1-3H3,(H,29,33). The van der Waals surface area contributed by atoms with Gasteiger partial charge >= 0.3 is 11.9 Å². The second kappa shape index (κ2) is 10.1. The van der Waals surface area contributed by atoms with Crippen LogP contribution in [0.5, 0.6) is 5.75 Å². The number of hydrogen-bond acceptors (Lipinski definition) is 7. The molecule has 38 heavy (non-hydrogen) atoms. The van der Waals surface area contributed by atoms with Gasteiger partial charge in [-0.1, -0.05) is 0 Å². The first kappa shape index (κ1) is 28.1. The fraction of sp³-hybridized carbons (Fsp3) is 0.217. The molecule has 0 aliphatic heterocycles. The van der Waals surface area contributed by atoms with E-state index in [-0.39, 0.29) is 20.8 Å². The van der Waals surface area contributed by atoms with E-state index >= 15 is 0 Å². The van der Waals surface area contributed by atoms with Crippen LogP contribution in [0.2, 0.25) is 0 Å². The Kier molecular flexibility index (Phi) is 7.50. The first-order valence-electron chi connectivity index (χ1n) is 10.5. The summed E-state index contributed by atoms with van der Waals surface area (Å²) in [6.07, 6.45) is -5.06. The van der Waals surface area contributed by atoms with Gasteiger partial charge in [-0.2, -0.15) is 18.4 Å². The molecule has 1 unspecified atom stereocenters. The average Bonchev–Trinajstić information content (AvgIpc) is 2.85. The van der Waals surface area contributed by atoms with Crippen LogP contribution < -0.4 is 20.7 Å². The van der Waals surface area contributed by atoms with Crippen LogP contribution in [-0.4, -0.2) is 30.6 Å². The second-order valence-corrected chi connectivity index (χ2v) is 9.89. The van der Waals surface area contributed by atoms with Crippen LogP contribution in [0.15, 0.2) is 52.1 Å². The third-order valence-electron chi connectivity index (χ3n) is 5.58. The monoisotopic (exact) mass is 554 g/mol. The number of ether oxygens (including phenoxy) is 1. The van der Waals surface area contributed by atoms with E-state index in [1.807, 2.05) is 4.72 Å². The van der Waals surface area contributed by atoms with E-state index in [2.05, 4.69) is 0 Å².